The second-order valence-corrected chi connectivity index (χ2v) is 6.00. The predicted octanol–water partition coefficient (Wildman–Crippen LogP) is 4.16. The molecular formula is C15H22BrN. The molecule has 1 nitrogen and oxygen atoms in total. The van der Waals surface area contributed by atoms with Crippen molar-refractivity contribution in [2.24, 2.45) is 5.92 Å². The van der Waals surface area contributed by atoms with E-state index in [2.05, 4.69) is 52.4 Å². The van der Waals surface area contributed by atoms with Gasteiger partial charge < -0.3 is 5.32 Å². The summed E-state index contributed by atoms with van der Waals surface area (Å²) in [5.74, 6) is 0.903. The van der Waals surface area contributed by atoms with E-state index in [-0.39, 0.29) is 0 Å². The summed E-state index contributed by atoms with van der Waals surface area (Å²) in [7, 11) is 0. The molecule has 0 spiro atoms. The molecule has 1 fully saturated rings. The van der Waals surface area contributed by atoms with Gasteiger partial charge in [-0.25, -0.2) is 0 Å². The second-order valence-electron chi connectivity index (χ2n) is 5.09. The molecule has 1 aromatic carbocycles. The lowest BCUT2D eigenvalue weighted by molar-refractivity contribution is 0.227. The quantitative estimate of drug-likeness (QED) is 0.831. The van der Waals surface area contributed by atoms with E-state index < -0.39 is 0 Å². The van der Waals surface area contributed by atoms with Crippen LogP contribution in [0.3, 0.4) is 0 Å². The standard InChI is InChI=1S/C15H22BrN/c1-2-9-17-15(13-6-4-7-13)11-12-5-3-8-14(16)10-12/h3,5,8,10,13,15,17H,2,4,6-7,9,11H2,1H3. The van der Waals surface area contributed by atoms with Crippen LogP contribution >= 0.6 is 15.9 Å². The van der Waals surface area contributed by atoms with Crippen LogP contribution in [0.1, 0.15) is 38.2 Å². The minimum atomic E-state index is 0.679. The van der Waals surface area contributed by atoms with E-state index >= 15 is 0 Å². The van der Waals surface area contributed by atoms with Gasteiger partial charge in [-0.1, -0.05) is 41.4 Å². The van der Waals surface area contributed by atoms with Crippen molar-refractivity contribution in [1.29, 1.82) is 0 Å². The monoisotopic (exact) mass is 295 g/mol. The van der Waals surface area contributed by atoms with Crippen LogP contribution in [-0.2, 0) is 6.42 Å². The number of nitrogens with one attached hydrogen (secondary N) is 1. The maximum Gasteiger partial charge on any atom is 0.0178 e. The highest BCUT2D eigenvalue weighted by molar-refractivity contribution is 9.10. The van der Waals surface area contributed by atoms with Gasteiger partial charge in [0, 0.05) is 10.5 Å². The highest BCUT2D eigenvalue weighted by atomic mass is 79.9. The number of benzene rings is 1. The molecule has 0 amide bonds. The molecule has 1 aliphatic rings. The highest BCUT2D eigenvalue weighted by Crippen LogP contribution is 2.31. The molecule has 1 aliphatic carbocycles. The Morgan fingerprint density at radius 1 is 1.41 bits per heavy atom. The van der Waals surface area contributed by atoms with E-state index in [0.717, 1.165) is 12.5 Å². The van der Waals surface area contributed by atoms with Crippen molar-refractivity contribution >= 4 is 15.9 Å². The van der Waals surface area contributed by atoms with Crippen molar-refractivity contribution in [3.8, 4) is 0 Å². The van der Waals surface area contributed by atoms with Crippen LogP contribution in [-0.4, -0.2) is 12.6 Å². The van der Waals surface area contributed by atoms with Crippen LogP contribution < -0.4 is 5.32 Å². The maximum atomic E-state index is 3.72. The zero-order valence-corrected chi connectivity index (χ0v) is 12.2. The normalized spacial score (nSPS) is 17.8. The third-order valence-corrected chi connectivity index (χ3v) is 4.21. The summed E-state index contributed by atoms with van der Waals surface area (Å²) in [5, 5.41) is 3.72. The first kappa shape index (κ1) is 13.1. The van der Waals surface area contributed by atoms with E-state index in [1.54, 1.807) is 0 Å². The fraction of sp³-hybridized carbons (Fsp3) is 0.600. The van der Waals surface area contributed by atoms with E-state index in [1.807, 2.05) is 0 Å². The molecule has 1 unspecified atom stereocenters. The summed E-state index contributed by atoms with van der Waals surface area (Å²) < 4.78 is 1.19. The molecule has 1 N–H and O–H groups in total. The first-order chi connectivity index (χ1) is 8.29. The first-order valence-electron chi connectivity index (χ1n) is 6.77. The Balaban J connectivity index is 1.95. The summed E-state index contributed by atoms with van der Waals surface area (Å²) in [5.41, 5.74) is 1.44. The Labute approximate surface area is 113 Å². The second kappa shape index (κ2) is 6.55. The third-order valence-electron chi connectivity index (χ3n) is 3.72. The van der Waals surface area contributed by atoms with Gasteiger partial charge in [-0.2, -0.15) is 0 Å². The Morgan fingerprint density at radius 2 is 2.24 bits per heavy atom. The van der Waals surface area contributed by atoms with Gasteiger partial charge in [0.25, 0.3) is 0 Å². The lowest BCUT2D eigenvalue weighted by atomic mass is 9.77. The summed E-state index contributed by atoms with van der Waals surface area (Å²) in [6.45, 7) is 3.39. The van der Waals surface area contributed by atoms with Gasteiger partial charge in [0.05, 0.1) is 0 Å². The number of hydrogen-bond acceptors (Lipinski definition) is 1. The zero-order valence-electron chi connectivity index (χ0n) is 10.6. The van der Waals surface area contributed by atoms with Crippen molar-refractivity contribution in [3.05, 3.63) is 34.3 Å². The SMILES string of the molecule is CCCNC(Cc1cccc(Br)c1)C1CCC1. The van der Waals surface area contributed by atoms with E-state index in [0.29, 0.717) is 6.04 Å². The average Bonchev–Trinajstić information content (AvgIpc) is 2.23. The van der Waals surface area contributed by atoms with Gasteiger partial charge in [-0.15, -0.1) is 0 Å². The number of hydrogen-bond donors (Lipinski definition) is 1. The van der Waals surface area contributed by atoms with Gasteiger partial charge in [-0.3, -0.25) is 0 Å². The Morgan fingerprint density at radius 3 is 2.82 bits per heavy atom. The summed E-state index contributed by atoms with van der Waals surface area (Å²) in [6.07, 6.45) is 6.64. The molecule has 2 heteroatoms. The van der Waals surface area contributed by atoms with Crippen molar-refractivity contribution in [3.63, 3.8) is 0 Å². The largest absolute Gasteiger partial charge is 0.313 e. The summed E-state index contributed by atoms with van der Waals surface area (Å²) >= 11 is 3.55. The van der Waals surface area contributed by atoms with Gasteiger partial charge in [-0.05, 0) is 55.8 Å². The van der Waals surface area contributed by atoms with E-state index in [1.165, 1.54) is 42.1 Å². The molecule has 0 saturated heterocycles. The molecule has 1 atom stereocenters. The summed E-state index contributed by atoms with van der Waals surface area (Å²) in [4.78, 5) is 0. The number of halogens is 1. The molecule has 0 heterocycles. The molecular weight excluding hydrogens is 274 g/mol. The lowest BCUT2D eigenvalue weighted by Gasteiger charge is -2.34. The van der Waals surface area contributed by atoms with E-state index in [4.69, 9.17) is 0 Å². The maximum absolute atomic E-state index is 3.72. The van der Waals surface area contributed by atoms with Crippen molar-refractivity contribution in [1.82, 2.24) is 5.32 Å². The van der Waals surface area contributed by atoms with Crippen LogP contribution in [0.4, 0.5) is 0 Å². The predicted molar refractivity (Wildman–Crippen MR) is 77.3 cm³/mol. The van der Waals surface area contributed by atoms with Crippen LogP contribution in [0.5, 0.6) is 0 Å². The molecule has 17 heavy (non-hydrogen) atoms. The topological polar surface area (TPSA) is 12.0 Å². The van der Waals surface area contributed by atoms with Crippen molar-refractivity contribution in [2.45, 2.75) is 45.1 Å². The minimum Gasteiger partial charge on any atom is -0.313 e. The molecule has 0 aromatic heterocycles. The van der Waals surface area contributed by atoms with Gasteiger partial charge >= 0.3 is 0 Å². The molecule has 1 aromatic rings. The average molecular weight is 296 g/mol. The van der Waals surface area contributed by atoms with Crippen LogP contribution in [0.15, 0.2) is 28.7 Å². The lowest BCUT2D eigenvalue weighted by Crippen LogP contribution is -2.41. The van der Waals surface area contributed by atoms with E-state index in [9.17, 15) is 0 Å². The van der Waals surface area contributed by atoms with Gasteiger partial charge in [0.1, 0.15) is 0 Å². The van der Waals surface area contributed by atoms with Crippen LogP contribution in [0.25, 0.3) is 0 Å². The highest BCUT2D eigenvalue weighted by Gasteiger charge is 2.26. The molecule has 1 saturated carbocycles. The Bertz CT molecular complexity index is 347. The first-order valence-corrected chi connectivity index (χ1v) is 7.56. The smallest absolute Gasteiger partial charge is 0.0178 e. The molecule has 2 rings (SSSR count). The zero-order chi connectivity index (χ0) is 12.1. The molecule has 0 radical (unpaired) electrons. The summed E-state index contributed by atoms with van der Waals surface area (Å²) in [6, 6.07) is 9.40. The fourth-order valence-corrected chi connectivity index (χ4v) is 2.94. The fourth-order valence-electron chi connectivity index (χ4n) is 2.50. The third kappa shape index (κ3) is 3.82. The molecule has 0 aliphatic heterocycles. The minimum absolute atomic E-state index is 0.679. The van der Waals surface area contributed by atoms with Crippen molar-refractivity contribution in [2.75, 3.05) is 6.54 Å². The van der Waals surface area contributed by atoms with Gasteiger partial charge in [0.15, 0.2) is 0 Å². The molecule has 0 bridgehead atoms. The van der Waals surface area contributed by atoms with Gasteiger partial charge in [0.2, 0.25) is 0 Å². The van der Waals surface area contributed by atoms with Crippen molar-refractivity contribution < 1.29 is 0 Å². The number of rotatable bonds is 6. The Kier molecular flexibility index (Phi) is 5.05. The molecule has 94 valence electrons. The Hall–Kier alpha value is -0.340. The van der Waals surface area contributed by atoms with Crippen LogP contribution in [0.2, 0.25) is 0 Å². The van der Waals surface area contributed by atoms with Crippen LogP contribution in [0, 0.1) is 5.92 Å².